The number of hydrogen-bond acceptors (Lipinski definition) is 2. The van der Waals surface area contributed by atoms with Gasteiger partial charge in [0.15, 0.2) is 0 Å². The fraction of sp³-hybridized carbons (Fsp3) is 0.0833. The number of pyridine rings is 1. The van der Waals surface area contributed by atoms with Crippen molar-refractivity contribution in [3.63, 3.8) is 0 Å². The normalized spacial score (nSPS) is 11.2. The van der Waals surface area contributed by atoms with Crippen molar-refractivity contribution in [3.05, 3.63) is 118 Å². The second-order valence-electron chi connectivity index (χ2n) is 6.70. The fourth-order valence-corrected chi connectivity index (χ4v) is 3.41. The molecule has 3 N–H and O–H groups in total. The lowest BCUT2D eigenvalue weighted by Crippen LogP contribution is -2.27. The molecule has 0 aliphatic heterocycles. The van der Waals surface area contributed by atoms with Gasteiger partial charge in [-0.25, -0.2) is 0 Å². The van der Waals surface area contributed by atoms with Crippen LogP contribution in [0.15, 0.2) is 94.7 Å². The zero-order valence-electron chi connectivity index (χ0n) is 15.8. The first-order valence-corrected chi connectivity index (χ1v) is 9.24. The minimum Gasteiger partial charge on any atom is -0.383 e. The molecule has 0 unspecified atom stereocenters. The molecule has 146 valence electrons. The maximum absolute atomic E-state index is 12.9. The van der Waals surface area contributed by atoms with E-state index in [1.165, 1.54) is 0 Å². The molecule has 0 amide bonds. The third-order valence-corrected chi connectivity index (χ3v) is 4.78. The number of benzene rings is 3. The molecule has 29 heavy (non-hydrogen) atoms. The second kappa shape index (κ2) is 9.22. The number of aromatic nitrogens is 1. The fourth-order valence-electron chi connectivity index (χ4n) is 3.41. The number of nitrogens with zero attached hydrogens (tertiary/aromatic N) is 1. The maximum atomic E-state index is 12.9. The smallest absolute Gasteiger partial charge is 0.259 e. The van der Waals surface area contributed by atoms with Gasteiger partial charge in [0, 0.05) is 10.9 Å². The average molecular weight is 404 g/mol. The van der Waals surface area contributed by atoms with E-state index in [0.29, 0.717) is 18.5 Å². The Morgan fingerprint density at radius 1 is 0.828 bits per heavy atom. The summed E-state index contributed by atoms with van der Waals surface area (Å²) in [6.07, 6.45) is 0.613. The van der Waals surface area contributed by atoms with Crippen molar-refractivity contribution >= 4 is 29.1 Å². The van der Waals surface area contributed by atoms with E-state index < -0.39 is 0 Å². The Morgan fingerprint density at radius 3 is 2.10 bits per heavy atom. The van der Waals surface area contributed by atoms with Crippen LogP contribution in [0.25, 0.3) is 10.9 Å². The number of rotatable bonds is 5. The number of aromatic amines is 1. The highest BCUT2D eigenvalue weighted by Crippen LogP contribution is 2.21. The maximum Gasteiger partial charge on any atom is 0.259 e. The molecular formula is C24H22ClN3O. The number of nitrogens with two attached hydrogens (primary N) is 1. The molecule has 4 rings (SSSR count). The molecule has 1 aromatic heterocycles. The van der Waals surface area contributed by atoms with Gasteiger partial charge in [0.1, 0.15) is 5.84 Å². The summed E-state index contributed by atoms with van der Waals surface area (Å²) in [7, 11) is 0. The summed E-state index contributed by atoms with van der Waals surface area (Å²) in [5.74, 6) is 0.266. The van der Waals surface area contributed by atoms with E-state index in [-0.39, 0.29) is 23.8 Å². The van der Waals surface area contributed by atoms with Crippen molar-refractivity contribution in [2.24, 2.45) is 10.7 Å². The van der Waals surface area contributed by atoms with Crippen LogP contribution in [0.2, 0.25) is 0 Å². The van der Waals surface area contributed by atoms with Crippen LogP contribution < -0.4 is 11.3 Å². The largest absolute Gasteiger partial charge is 0.383 e. The lowest BCUT2D eigenvalue weighted by atomic mass is 9.96. The van der Waals surface area contributed by atoms with Gasteiger partial charge in [0.2, 0.25) is 0 Å². The lowest BCUT2D eigenvalue weighted by Gasteiger charge is -2.13. The zero-order chi connectivity index (χ0) is 19.3. The Labute approximate surface area is 175 Å². The van der Waals surface area contributed by atoms with Crippen LogP contribution in [0.5, 0.6) is 0 Å². The summed E-state index contributed by atoms with van der Waals surface area (Å²) in [6.45, 7) is 0.434. The van der Waals surface area contributed by atoms with Gasteiger partial charge in [-0.05, 0) is 29.2 Å². The summed E-state index contributed by atoms with van der Waals surface area (Å²) in [6, 6.07) is 27.8. The Morgan fingerprint density at radius 2 is 1.41 bits per heavy atom. The number of H-pyrrole nitrogens is 1. The van der Waals surface area contributed by atoms with Crippen LogP contribution in [0, 0.1) is 0 Å². The first-order valence-electron chi connectivity index (χ1n) is 9.24. The summed E-state index contributed by atoms with van der Waals surface area (Å²) < 4.78 is 0. The Balaban J connectivity index is 0.00000240. The number of para-hydroxylation sites is 1. The van der Waals surface area contributed by atoms with Crippen LogP contribution in [-0.2, 0) is 13.0 Å². The highest BCUT2D eigenvalue weighted by molar-refractivity contribution is 6.02. The predicted octanol–water partition coefficient (Wildman–Crippen LogP) is 4.45. The molecule has 0 fully saturated rings. The second-order valence-corrected chi connectivity index (χ2v) is 6.70. The van der Waals surface area contributed by atoms with Gasteiger partial charge >= 0.3 is 0 Å². The first-order chi connectivity index (χ1) is 13.7. The molecule has 1 heterocycles. The van der Waals surface area contributed by atoms with Crippen molar-refractivity contribution < 1.29 is 0 Å². The topological polar surface area (TPSA) is 71.2 Å². The molecule has 4 nitrogen and oxygen atoms in total. The molecule has 0 aliphatic carbocycles. The average Bonchev–Trinajstić information content (AvgIpc) is 2.73. The number of aliphatic imine (C=N–C) groups is 1. The molecule has 3 aromatic carbocycles. The number of nitrogens with one attached hydrogen (secondary N) is 1. The van der Waals surface area contributed by atoms with Crippen molar-refractivity contribution in [2.75, 3.05) is 0 Å². The number of hydrogen-bond donors (Lipinski definition) is 2. The van der Waals surface area contributed by atoms with E-state index in [9.17, 15) is 4.79 Å². The molecule has 0 saturated heterocycles. The summed E-state index contributed by atoms with van der Waals surface area (Å²) >= 11 is 0. The van der Waals surface area contributed by atoms with Crippen LogP contribution in [0.4, 0.5) is 0 Å². The quantitative estimate of drug-likeness (QED) is 0.382. The van der Waals surface area contributed by atoms with Crippen LogP contribution in [-0.4, -0.2) is 10.8 Å². The van der Waals surface area contributed by atoms with Crippen molar-refractivity contribution in [1.82, 2.24) is 4.98 Å². The number of fused-ring (bicyclic) bond motifs is 1. The molecule has 0 saturated carbocycles. The molecule has 4 aromatic rings. The molecule has 0 aliphatic rings. The van der Waals surface area contributed by atoms with E-state index in [1.54, 1.807) is 0 Å². The standard InChI is InChI=1S/C24H21N3O.ClH/c25-23(26-16-18-11-5-2-6-12-18)22-20(15-17-9-3-1-4-10-17)19-13-7-8-14-21(19)27-24(22)28;/h1-14H,15-16H2,(H2,25,26)(H,27,28);1H. The summed E-state index contributed by atoms with van der Waals surface area (Å²) in [5, 5.41) is 0.985. The van der Waals surface area contributed by atoms with Gasteiger partial charge in [-0.2, -0.15) is 0 Å². The van der Waals surface area contributed by atoms with E-state index in [4.69, 9.17) is 5.73 Å². The molecule has 0 spiro atoms. The Hall–Kier alpha value is -3.37. The summed E-state index contributed by atoms with van der Waals surface area (Å²) in [4.78, 5) is 20.3. The monoisotopic (exact) mass is 403 g/mol. The highest BCUT2D eigenvalue weighted by atomic mass is 35.5. The number of halogens is 1. The van der Waals surface area contributed by atoms with E-state index in [0.717, 1.165) is 27.6 Å². The minimum atomic E-state index is -0.209. The third-order valence-electron chi connectivity index (χ3n) is 4.78. The Kier molecular flexibility index (Phi) is 6.47. The summed E-state index contributed by atoms with van der Waals surface area (Å²) in [5.41, 5.74) is 10.4. The van der Waals surface area contributed by atoms with Gasteiger partial charge in [0.25, 0.3) is 5.56 Å². The molecule has 0 radical (unpaired) electrons. The molecule has 0 atom stereocenters. The van der Waals surface area contributed by atoms with Crippen LogP contribution >= 0.6 is 12.4 Å². The molecule has 0 bridgehead atoms. The van der Waals surface area contributed by atoms with Crippen LogP contribution in [0.1, 0.15) is 22.3 Å². The third kappa shape index (κ3) is 4.55. The first kappa shape index (κ1) is 20.4. The van der Waals surface area contributed by atoms with Gasteiger partial charge in [0.05, 0.1) is 12.1 Å². The van der Waals surface area contributed by atoms with Gasteiger partial charge < -0.3 is 10.7 Å². The molecule has 5 heteroatoms. The highest BCUT2D eigenvalue weighted by Gasteiger charge is 2.16. The van der Waals surface area contributed by atoms with Crippen molar-refractivity contribution in [3.8, 4) is 0 Å². The predicted molar refractivity (Wildman–Crippen MR) is 122 cm³/mol. The SMILES string of the molecule is Cl.NC(=NCc1ccccc1)c1c(Cc2ccccc2)c2ccccc2[nH]c1=O. The van der Waals surface area contributed by atoms with Gasteiger partial charge in [-0.15, -0.1) is 12.4 Å². The Bertz CT molecular complexity index is 1190. The van der Waals surface area contributed by atoms with Gasteiger partial charge in [-0.3, -0.25) is 9.79 Å². The minimum absolute atomic E-state index is 0. The van der Waals surface area contributed by atoms with E-state index in [2.05, 4.69) is 22.1 Å². The van der Waals surface area contributed by atoms with E-state index >= 15 is 0 Å². The van der Waals surface area contributed by atoms with Crippen molar-refractivity contribution in [2.45, 2.75) is 13.0 Å². The van der Waals surface area contributed by atoms with Gasteiger partial charge in [-0.1, -0.05) is 78.9 Å². The van der Waals surface area contributed by atoms with Crippen LogP contribution in [0.3, 0.4) is 0 Å². The molecular weight excluding hydrogens is 382 g/mol. The lowest BCUT2D eigenvalue weighted by molar-refractivity contribution is 1.05. The van der Waals surface area contributed by atoms with E-state index in [1.807, 2.05) is 72.8 Å². The number of amidine groups is 1. The van der Waals surface area contributed by atoms with Crippen molar-refractivity contribution in [1.29, 1.82) is 0 Å². The zero-order valence-corrected chi connectivity index (χ0v) is 16.7.